The van der Waals surface area contributed by atoms with Crippen LogP contribution in [0, 0.1) is 5.95 Å². The maximum Gasteiger partial charge on any atom is 0.408 e. The Kier molecular flexibility index (Phi) is 3.54. The zero-order valence-corrected chi connectivity index (χ0v) is 8.55. The summed E-state index contributed by atoms with van der Waals surface area (Å²) in [6, 6.07) is -0.432. The molecule has 17 heavy (non-hydrogen) atoms. The van der Waals surface area contributed by atoms with Gasteiger partial charge in [-0.25, -0.2) is 9.78 Å². The molecule has 1 atom stereocenters. The van der Waals surface area contributed by atoms with Crippen LogP contribution < -0.4 is 5.32 Å². The van der Waals surface area contributed by atoms with E-state index < -0.39 is 35.5 Å². The standard InChI is InChI=1S/C9H8F4N2O2/c1-4(9(11,12)13)14-7-5(8(16)17)2-3-6(10)15-7/h2-4H,1H3,(H,14,15)(H,16,17). The van der Waals surface area contributed by atoms with Gasteiger partial charge in [0.05, 0.1) is 0 Å². The number of carboxylic acids is 1. The number of aromatic nitrogens is 1. The lowest BCUT2D eigenvalue weighted by atomic mass is 10.2. The van der Waals surface area contributed by atoms with Crippen molar-refractivity contribution in [2.24, 2.45) is 0 Å². The Morgan fingerprint density at radius 3 is 2.53 bits per heavy atom. The van der Waals surface area contributed by atoms with Crippen LogP contribution >= 0.6 is 0 Å². The number of pyridine rings is 1. The average molecular weight is 252 g/mol. The van der Waals surface area contributed by atoms with Gasteiger partial charge < -0.3 is 10.4 Å². The van der Waals surface area contributed by atoms with Crippen LogP contribution in [0.1, 0.15) is 17.3 Å². The summed E-state index contributed by atoms with van der Waals surface area (Å²) < 4.78 is 49.4. The fourth-order valence-electron chi connectivity index (χ4n) is 1.00. The van der Waals surface area contributed by atoms with E-state index in [-0.39, 0.29) is 0 Å². The zero-order chi connectivity index (χ0) is 13.2. The molecule has 0 amide bonds. The minimum absolute atomic E-state index is 0.525. The molecule has 2 N–H and O–H groups in total. The highest BCUT2D eigenvalue weighted by Crippen LogP contribution is 2.24. The molecule has 0 aliphatic rings. The van der Waals surface area contributed by atoms with Crippen molar-refractivity contribution in [3.05, 3.63) is 23.6 Å². The topological polar surface area (TPSA) is 62.2 Å². The molecule has 1 aromatic rings. The third kappa shape index (κ3) is 3.30. The van der Waals surface area contributed by atoms with Crippen molar-refractivity contribution in [3.8, 4) is 0 Å². The summed E-state index contributed by atoms with van der Waals surface area (Å²) in [5, 5.41) is 10.5. The average Bonchev–Trinajstić information content (AvgIpc) is 2.15. The number of anilines is 1. The number of nitrogens with one attached hydrogen (secondary N) is 1. The molecule has 0 radical (unpaired) electrons. The van der Waals surface area contributed by atoms with Gasteiger partial charge in [0.1, 0.15) is 17.4 Å². The van der Waals surface area contributed by atoms with Crippen molar-refractivity contribution in [1.82, 2.24) is 4.98 Å². The van der Waals surface area contributed by atoms with Crippen LogP contribution in [0.15, 0.2) is 12.1 Å². The van der Waals surface area contributed by atoms with E-state index in [0.717, 1.165) is 19.1 Å². The first-order valence-corrected chi connectivity index (χ1v) is 4.45. The molecule has 1 heterocycles. The molecule has 94 valence electrons. The Morgan fingerprint density at radius 2 is 2.06 bits per heavy atom. The van der Waals surface area contributed by atoms with Crippen LogP contribution in [0.3, 0.4) is 0 Å². The van der Waals surface area contributed by atoms with Gasteiger partial charge >= 0.3 is 12.1 Å². The quantitative estimate of drug-likeness (QED) is 0.640. The minimum Gasteiger partial charge on any atom is -0.478 e. The van der Waals surface area contributed by atoms with Gasteiger partial charge in [0.25, 0.3) is 0 Å². The van der Waals surface area contributed by atoms with Gasteiger partial charge in [-0.15, -0.1) is 0 Å². The van der Waals surface area contributed by atoms with E-state index in [1.807, 2.05) is 5.32 Å². The van der Waals surface area contributed by atoms with E-state index in [1.165, 1.54) is 0 Å². The van der Waals surface area contributed by atoms with Crippen molar-refractivity contribution >= 4 is 11.8 Å². The van der Waals surface area contributed by atoms with E-state index in [0.29, 0.717) is 0 Å². The van der Waals surface area contributed by atoms with Gasteiger partial charge in [-0.2, -0.15) is 17.6 Å². The molecule has 1 unspecified atom stereocenters. The highest BCUT2D eigenvalue weighted by Gasteiger charge is 2.36. The summed E-state index contributed by atoms with van der Waals surface area (Å²) in [4.78, 5) is 13.8. The van der Waals surface area contributed by atoms with Gasteiger partial charge in [-0.3, -0.25) is 0 Å². The number of alkyl halides is 3. The fourth-order valence-corrected chi connectivity index (χ4v) is 1.00. The SMILES string of the molecule is CC(Nc1nc(F)ccc1C(=O)O)C(F)(F)F. The maximum absolute atomic E-state index is 12.7. The van der Waals surface area contributed by atoms with Gasteiger partial charge in [-0.1, -0.05) is 0 Å². The number of carbonyl (C=O) groups is 1. The van der Waals surface area contributed by atoms with E-state index in [1.54, 1.807) is 0 Å². The maximum atomic E-state index is 12.7. The first kappa shape index (κ1) is 13.2. The number of nitrogens with zero attached hydrogens (tertiary/aromatic N) is 1. The highest BCUT2D eigenvalue weighted by atomic mass is 19.4. The van der Waals surface area contributed by atoms with Gasteiger partial charge in [-0.05, 0) is 19.1 Å². The van der Waals surface area contributed by atoms with Gasteiger partial charge in [0, 0.05) is 0 Å². The van der Waals surface area contributed by atoms with Crippen molar-refractivity contribution in [3.63, 3.8) is 0 Å². The number of halogens is 4. The zero-order valence-electron chi connectivity index (χ0n) is 8.55. The lowest BCUT2D eigenvalue weighted by Gasteiger charge is -2.18. The van der Waals surface area contributed by atoms with Crippen molar-refractivity contribution in [1.29, 1.82) is 0 Å². The third-order valence-electron chi connectivity index (χ3n) is 1.94. The molecule has 4 nitrogen and oxygen atoms in total. The summed E-state index contributed by atoms with van der Waals surface area (Å²) in [5.41, 5.74) is -0.525. The first-order valence-electron chi connectivity index (χ1n) is 4.45. The molecule has 0 aromatic carbocycles. The molecule has 0 spiro atoms. The van der Waals surface area contributed by atoms with Crippen LogP contribution in [-0.2, 0) is 0 Å². The molecule has 0 saturated heterocycles. The fraction of sp³-hybridized carbons (Fsp3) is 0.333. The summed E-state index contributed by atoms with van der Waals surface area (Å²) in [7, 11) is 0. The molecular weight excluding hydrogens is 244 g/mol. The van der Waals surface area contributed by atoms with E-state index in [9.17, 15) is 22.4 Å². The number of hydrogen-bond acceptors (Lipinski definition) is 3. The Hall–Kier alpha value is -1.86. The monoisotopic (exact) mass is 252 g/mol. The van der Waals surface area contributed by atoms with Crippen molar-refractivity contribution in [2.45, 2.75) is 19.1 Å². The summed E-state index contributed by atoms with van der Waals surface area (Å²) >= 11 is 0. The molecule has 0 aliphatic carbocycles. The Balaban J connectivity index is 3.04. The molecule has 1 aromatic heterocycles. The van der Waals surface area contributed by atoms with Crippen molar-refractivity contribution in [2.75, 3.05) is 5.32 Å². The van der Waals surface area contributed by atoms with Crippen LogP contribution in [0.4, 0.5) is 23.4 Å². The van der Waals surface area contributed by atoms with E-state index in [2.05, 4.69) is 4.98 Å². The Bertz CT molecular complexity index is 433. The smallest absolute Gasteiger partial charge is 0.408 e. The largest absolute Gasteiger partial charge is 0.478 e. The van der Waals surface area contributed by atoms with Gasteiger partial charge in [0.15, 0.2) is 0 Å². The second kappa shape index (κ2) is 4.56. The van der Waals surface area contributed by atoms with Crippen LogP contribution in [0.25, 0.3) is 0 Å². The summed E-state index contributed by atoms with van der Waals surface area (Å²) in [5.74, 6) is -3.21. The summed E-state index contributed by atoms with van der Waals surface area (Å²) in [6.45, 7) is 0.776. The number of hydrogen-bond donors (Lipinski definition) is 2. The minimum atomic E-state index is -4.58. The predicted molar refractivity (Wildman–Crippen MR) is 50.3 cm³/mol. The van der Waals surface area contributed by atoms with E-state index >= 15 is 0 Å². The lowest BCUT2D eigenvalue weighted by molar-refractivity contribution is -0.138. The van der Waals surface area contributed by atoms with Crippen molar-refractivity contribution < 1.29 is 27.5 Å². The highest BCUT2D eigenvalue weighted by molar-refractivity contribution is 5.93. The lowest BCUT2D eigenvalue weighted by Crippen LogP contribution is -2.34. The molecule has 0 aliphatic heterocycles. The number of carboxylic acid groups (broad SMARTS) is 1. The van der Waals surface area contributed by atoms with Gasteiger partial charge in [0.2, 0.25) is 5.95 Å². The summed E-state index contributed by atoms with van der Waals surface area (Å²) in [6.07, 6.45) is -4.58. The first-order chi connectivity index (χ1) is 7.71. The molecule has 0 bridgehead atoms. The predicted octanol–water partition coefficient (Wildman–Crippen LogP) is 2.28. The molecule has 0 saturated carbocycles. The number of aromatic carboxylic acids is 1. The Labute approximate surface area is 93.3 Å². The Morgan fingerprint density at radius 1 is 1.47 bits per heavy atom. The third-order valence-corrected chi connectivity index (χ3v) is 1.94. The number of rotatable bonds is 3. The second-order valence-electron chi connectivity index (χ2n) is 3.24. The van der Waals surface area contributed by atoms with Crippen LogP contribution in [0.5, 0.6) is 0 Å². The van der Waals surface area contributed by atoms with Crippen LogP contribution in [0.2, 0.25) is 0 Å². The van der Waals surface area contributed by atoms with Crippen LogP contribution in [-0.4, -0.2) is 28.3 Å². The molecular formula is C9H8F4N2O2. The normalized spacial score (nSPS) is 13.2. The molecule has 8 heteroatoms. The molecule has 1 rings (SSSR count). The molecule has 0 fully saturated rings. The van der Waals surface area contributed by atoms with E-state index in [4.69, 9.17) is 5.11 Å². The second-order valence-corrected chi connectivity index (χ2v) is 3.24.